The molecule has 1 heterocycles. The number of fused-ring (bicyclic) bond motifs is 5. The Bertz CT molecular complexity index is 1180. The van der Waals surface area contributed by atoms with Crippen LogP contribution in [-0.2, 0) is 19.0 Å². The van der Waals surface area contributed by atoms with E-state index in [9.17, 15) is 9.90 Å². The van der Waals surface area contributed by atoms with Crippen LogP contribution < -0.4 is 0 Å². The largest absolute Gasteiger partial charge is 0.490 e. The first-order valence-corrected chi connectivity index (χ1v) is 16.7. The molecule has 1 saturated heterocycles. The molecule has 5 aliphatic rings. The van der Waals surface area contributed by atoms with Gasteiger partial charge in [-0.25, -0.2) is 4.79 Å². The van der Waals surface area contributed by atoms with E-state index in [1.54, 1.807) is 6.92 Å². The van der Waals surface area contributed by atoms with Crippen LogP contribution >= 0.6 is 0 Å². The number of hydrogen-bond acceptors (Lipinski definition) is 4. The highest BCUT2D eigenvalue weighted by Gasteiger charge is 2.65. The van der Waals surface area contributed by atoms with Crippen LogP contribution in [0.25, 0.3) is 5.76 Å². The second-order valence-corrected chi connectivity index (χ2v) is 15.0. The first-order chi connectivity index (χ1) is 20.1. The van der Waals surface area contributed by atoms with Gasteiger partial charge in [0, 0.05) is 29.9 Å². The van der Waals surface area contributed by atoms with Gasteiger partial charge in [-0.1, -0.05) is 63.8 Å². The lowest BCUT2D eigenvalue weighted by Crippen LogP contribution is -2.60. The number of carboxylic acid groups (broad SMARTS) is 1. The molecule has 1 spiro atoms. The fourth-order valence-corrected chi connectivity index (χ4v) is 10.7. The van der Waals surface area contributed by atoms with Gasteiger partial charge >= 0.3 is 5.97 Å². The zero-order valence-electron chi connectivity index (χ0n) is 26.3. The van der Waals surface area contributed by atoms with Crippen LogP contribution in [0.3, 0.4) is 0 Å². The van der Waals surface area contributed by atoms with E-state index in [1.807, 2.05) is 12.1 Å². The third-order valence-electron chi connectivity index (χ3n) is 13.0. The average Bonchev–Trinajstić information content (AvgIpc) is 3.58. The smallest absolute Gasteiger partial charge is 0.330 e. The quantitative estimate of drug-likeness (QED) is 0.248. The molecule has 5 fully saturated rings. The fraction of sp³-hybridized carbons (Fsp3) is 0.703. The summed E-state index contributed by atoms with van der Waals surface area (Å²) in [5.41, 5.74) is 2.11. The number of aliphatic carboxylic acids is 1. The molecule has 0 aromatic heterocycles. The highest BCUT2D eigenvalue weighted by Crippen LogP contribution is 2.69. The minimum Gasteiger partial charge on any atom is -0.490 e. The molecule has 230 valence electrons. The zero-order chi connectivity index (χ0) is 29.7. The maximum absolute atomic E-state index is 11.3. The van der Waals surface area contributed by atoms with E-state index in [-0.39, 0.29) is 17.3 Å². The molecular weight excluding hydrogens is 524 g/mol. The van der Waals surface area contributed by atoms with Gasteiger partial charge in [0.05, 0.1) is 13.2 Å². The highest BCUT2D eigenvalue weighted by atomic mass is 16.7. The van der Waals surface area contributed by atoms with Gasteiger partial charge in [0.1, 0.15) is 11.9 Å². The van der Waals surface area contributed by atoms with Crippen LogP contribution in [0.1, 0.15) is 97.5 Å². The van der Waals surface area contributed by atoms with Gasteiger partial charge in [-0.05, 0) is 98.7 Å². The summed E-state index contributed by atoms with van der Waals surface area (Å²) in [7, 11) is 0. The van der Waals surface area contributed by atoms with Crippen molar-refractivity contribution in [1.29, 1.82) is 0 Å². The van der Waals surface area contributed by atoms with Crippen LogP contribution in [0.2, 0.25) is 0 Å². The maximum atomic E-state index is 11.3. The number of benzene rings is 1. The predicted molar refractivity (Wildman–Crippen MR) is 165 cm³/mol. The molecule has 5 nitrogen and oxygen atoms in total. The maximum Gasteiger partial charge on any atom is 0.330 e. The Morgan fingerprint density at radius 3 is 2.50 bits per heavy atom. The van der Waals surface area contributed by atoms with Crippen molar-refractivity contribution in [2.45, 2.75) is 104 Å². The SMILES string of the molecule is C=C(O[C@@H]1C[C@H]2CC3(CCC2(C)C2CCC4(C)C(CCC4[C@H](C)CC/C=C(\C)C(=O)O)C21)OCCO3)c1ccccc1. The minimum atomic E-state index is -0.805. The van der Waals surface area contributed by atoms with E-state index in [2.05, 4.69) is 51.6 Å². The summed E-state index contributed by atoms with van der Waals surface area (Å²) in [5.74, 6) is 3.17. The predicted octanol–water partition coefficient (Wildman–Crippen LogP) is 8.50. The monoisotopic (exact) mass is 576 g/mol. The zero-order valence-corrected chi connectivity index (χ0v) is 26.3. The molecule has 0 radical (unpaired) electrons. The summed E-state index contributed by atoms with van der Waals surface area (Å²) in [4.78, 5) is 11.3. The van der Waals surface area contributed by atoms with Crippen LogP contribution in [-0.4, -0.2) is 36.2 Å². The summed E-state index contributed by atoms with van der Waals surface area (Å²) in [6, 6.07) is 10.4. The highest BCUT2D eigenvalue weighted by molar-refractivity contribution is 5.85. The van der Waals surface area contributed by atoms with E-state index < -0.39 is 5.97 Å². The van der Waals surface area contributed by atoms with Crippen molar-refractivity contribution in [3.8, 4) is 0 Å². The molecule has 0 bridgehead atoms. The van der Waals surface area contributed by atoms with Gasteiger partial charge in [0.25, 0.3) is 0 Å². The topological polar surface area (TPSA) is 65.0 Å². The summed E-state index contributed by atoms with van der Waals surface area (Å²) in [5, 5.41) is 9.29. The van der Waals surface area contributed by atoms with Gasteiger partial charge in [-0.2, -0.15) is 0 Å². The Labute approximate surface area is 253 Å². The first-order valence-electron chi connectivity index (χ1n) is 16.7. The van der Waals surface area contributed by atoms with Crippen LogP contribution in [0.4, 0.5) is 0 Å². The Morgan fingerprint density at radius 1 is 1.07 bits per heavy atom. The molecule has 6 rings (SSSR count). The van der Waals surface area contributed by atoms with Gasteiger partial charge in [-0.3, -0.25) is 0 Å². The van der Waals surface area contributed by atoms with Crippen molar-refractivity contribution in [3.63, 3.8) is 0 Å². The third-order valence-corrected chi connectivity index (χ3v) is 13.0. The second-order valence-electron chi connectivity index (χ2n) is 15.0. The van der Waals surface area contributed by atoms with Gasteiger partial charge < -0.3 is 19.3 Å². The van der Waals surface area contributed by atoms with Crippen molar-refractivity contribution in [2.24, 2.45) is 46.3 Å². The number of carboxylic acids is 1. The van der Waals surface area contributed by atoms with Crippen molar-refractivity contribution in [1.82, 2.24) is 0 Å². The van der Waals surface area contributed by atoms with Gasteiger partial charge in [0.2, 0.25) is 0 Å². The minimum absolute atomic E-state index is 0.150. The Kier molecular flexibility index (Phi) is 8.15. The number of hydrogen-bond donors (Lipinski definition) is 1. The molecule has 6 unspecified atom stereocenters. The average molecular weight is 577 g/mol. The summed E-state index contributed by atoms with van der Waals surface area (Å²) in [6.07, 6.45) is 13.3. The summed E-state index contributed by atoms with van der Waals surface area (Å²) in [6.45, 7) is 15.2. The second kappa shape index (κ2) is 11.4. The van der Waals surface area contributed by atoms with Crippen molar-refractivity contribution in [3.05, 3.63) is 54.1 Å². The van der Waals surface area contributed by atoms with Crippen molar-refractivity contribution < 1.29 is 24.1 Å². The van der Waals surface area contributed by atoms with Crippen LogP contribution in [0.5, 0.6) is 0 Å². The lowest BCUT2D eigenvalue weighted by atomic mass is 9.43. The fourth-order valence-electron chi connectivity index (χ4n) is 10.7. The van der Waals surface area contributed by atoms with E-state index in [0.717, 1.165) is 43.4 Å². The van der Waals surface area contributed by atoms with E-state index >= 15 is 0 Å². The third kappa shape index (κ3) is 5.17. The van der Waals surface area contributed by atoms with Crippen LogP contribution in [0.15, 0.2) is 48.6 Å². The normalized spacial score (nSPS) is 39.7. The molecule has 42 heavy (non-hydrogen) atoms. The standard InChI is InChI=1S/C37H52O5/c1-24(10-9-11-25(2)34(38)39)29-14-15-30-33-31(16-17-36(29,30)5)35(4)18-19-37(40-20-21-41-37)23-28(35)22-32(33)42-26(3)27-12-7-6-8-13-27/h6-8,11-13,24,28-33H,3,9-10,14-23H2,1-2,4-5H3,(H,38,39)/b25-11+/t24-,28+,29?,30?,31?,32-,33?,35?,36?/m1/s1. The Morgan fingerprint density at radius 2 is 1.79 bits per heavy atom. The van der Waals surface area contributed by atoms with Crippen LogP contribution in [0, 0.1) is 46.3 Å². The Hall–Kier alpha value is -2.11. The molecule has 1 aliphatic heterocycles. The molecule has 5 heteroatoms. The van der Waals surface area contributed by atoms with Gasteiger partial charge in [0.15, 0.2) is 5.79 Å². The van der Waals surface area contributed by atoms with Gasteiger partial charge in [-0.15, -0.1) is 0 Å². The molecule has 9 atom stereocenters. The number of ether oxygens (including phenoxy) is 3. The molecule has 1 N–H and O–H groups in total. The Balaban J connectivity index is 1.27. The van der Waals surface area contributed by atoms with Crippen molar-refractivity contribution in [2.75, 3.05) is 13.2 Å². The molecule has 1 aromatic rings. The lowest BCUT2D eigenvalue weighted by molar-refractivity contribution is -0.242. The molecule has 1 aromatic carbocycles. The van der Waals surface area contributed by atoms with E-state index in [1.165, 1.54) is 32.1 Å². The van der Waals surface area contributed by atoms with E-state index in [4.69, 9.17) is 14.2 Å². The number of rotatable bonds is 8. The first kappa shape index (κ1) is 29.9. The molecule has 0 amide bonds. The summed E-state index contributed by atoms with van der Waals surface area (Å²) >= 11 is 0. The molecule has 4 saturated carbocycles. The molecule has 4 aliphatic carbocycles. The summed E-state index contributed by atoms with van der Waals surface area (Å²) < 4.78 is 19.5. The number of carbonyl (C=O) groups is 1. The molecular formula is C37H52O5. The lowest BCUT2D eigenvalue weighted by Gasteiger charge is -2.63. The van der Waals surface area contributed by atoms with Crippen molar-refractivity contribution >= 4 is 11.7 Å². The number of allylic oxidation sites excluding steroid dienone is 1. The van der Waals surface area contributed by atoms with E-state index in [0.29, 0.717) is 59.7 Å².